The fourth-order valence-electron chi connectivity index (χ4n) is 1.88. The van der Waals surface area contributed by atoms with Crippen LogP contribution in [0.1, 0.15) is 17.2 Å². The van der Waals surface area contributed by atoms with E-state index in [-0.39, 0.29) is 0 Å². The number of benzene rings is 1. The first-order valence-electron chi connectivity index (χ1n) is 5.49. The molecule has 0 aliphatic rings. The molecule has 0 radical (unpaired) electrons. The highest BCUT2D eigenvalue weighted by atomic mass is 15.2. The molecule has 1 N–H and O–H groups in total. The fourth-order valence-corrected chi connectivity index (χ4v) is 1.88. The van der Waals surface area contributed by atoms with Crippen molar-refractivity contribution in [3.05, 3.63) is 53.9 Å². The van der Waals surface area contributed by atoms with Crippen LogP contribution in [0.15, 0.2) is 42.7 Å². The van der Waals surface area contributed by atoms with Gasteiger partial charge >= 0.3 is 0 Å². The minimum absolute atomic E-state index is 0.352. The summed E-state index contributed by atoms with van der Waals surface area (Å²) in [7, 11) is 3.94. The van der Waals surface area contributed by atoms with Crippen molar-refractivity contribution < 1.29 is 0 Å². The lowest BCUT2D eigenvalue weighted by atomic mass is 10.0. The predicted molar refractivity (Wildman–Crippen MR) is 65.2 cm³/mol. The Morgan fingerprint density at radius 1 is 1.31 bits per heavy atom. The second-order valence-electron chi connectivity index (χ2n) is 3.98. The smallest absolute Gasteiger partial charge is 0.0522 e. The van der Waals surface area contributed by atoms with Crippen LogP contribution in [0.25, 0.3) is 0 Å². The van der Waals surface area contributed by atoms with Gasteiger partial charge in [-0.15, -0.1) is 0 Å². The van der Waals surface area contributed by atoms with Gasteiger partial charge in [0, 0.05) is 19.3 Å². The van der Waals surface area contributed by atoms with Crippen LogP contribution < -0.4 is 5.32 Å². The van der Waals surface area contributed by atoms with Crippen molar-refractivity contribution in [2.24, 2.45) is 7.05 Å². The molecule has 0 aliphatic heterocycles. The highest BCUT2D eigenvalue weighted by Gasteiger charge is 2.10. The fraction of sp³-hybridized carbons (Fsp3) is 0.308. The SMILES string of the molecule is CNC(Cc1cnn(C)c1)c1ccccc1. The van der Waals surface area contributed by atoms with E-state index in [1.54, 1.807) is 0 Å². The number of likely N-dealkylation sites (N-methyl/N-ethyl adjacent to an activating group) is 1. The Morgan fingerprint density at radius 2 is 2.06 bits per heavy atom. The van der Waals surface area contributed by atoms with Crippen LogP contribution in [0.2, 0.25) is 0 Å². The van der Waals surface area contributed by atoms with Crippen molar-refractivity contribution in [2.75, 3.05) is 7.05 Å². The molecule has 1 unspecified atom stereocenters. The Bertz CT molecular complexity index is 433. The standard InChI is InChI=1S/C13H17N3/c1-14-13(12-6-4-3-5-7-12)8-11-9-15-16(2)10-11/h3-7,9-10,13-14H,8H2,1-2H3. The van der Waals surface area contributed by atoms with Crippen molar-refractivity contribution in [3.8, 4) is 0 Å². The van der Waals surface area contributed by atoms with Gasteiger partial charge in [0.1, 0.15) is 0 Å². The molecular weight excluding hydrogens is 198 g/mol. The minimum atomic E-state index is 0.352. The number of nitrogens with zero attached hydrogens (tertiary/aromatic N) is 2. The lowest BCUT2D eigenvalue weighted by Crippen LogP contribution is -2.18. The lowest BCUT2D eigenvalue weighted by molar-refractivity contribution is 0.592. The Labute approximate surface area is 96.1 Å². The van der Waals surface area contributed by atoms with Crippen molar-refractivity contribution >= 4 is 0 Å². The maximum absolute atomic E-state index is 4.19. The van der Waals surface area contributed by atoms with Gasteiger partial charge in [0.05, 0.1) is 6.20 Å². The van der Waals surface area contributed by atoms with Gasteiger partial charge in [0.15, 0.2) is 0 Å². The second kappa shape index (κ2) is 4.94. The van der Waals surface area contributed by atoms with Crippen molar-refractivity contribution in [1.29, 1.82) is 0 Å². The van der Waals surface area contributed by atoms with Gasteiger partial charge in [-0.1, -0.05) is 30.3 Å². The van der Waals surface area contributed by atoms with Gasteiger partial charge in [-0.05, 0) is 24.6 Å². The summed E-state index contributed by atoms with van der Waals surface area (Å²) in [5.41, 5.74) is 2.57. The van der Waals surface area contributed by atoms with Crippen molar-refractivity contribution in [1.82, 2.24) is 15.1 Å². The molecule has 2 rings (SSSR count). The van der Waals surface area contributed by atoms with E-state index in [9.17, 15) is 0 Å². The molecule has 1 heterocycles. The maximum atomic E-state index is 4.19. The topological polar surface area (TPSA) is 29.9 Å². The zero-order chi connectivity index (χ0) is 11.4. The Hall–Kier alpha value is -1.61. The number of hydrogen-bond acceptors (Lipinski definition) is 2. The van der Waals surface area contributed by atoms with Gasteiger partial charge in [-0.3, -0.25) is 4.68 Å². The highest BCUT2D eigenvalue weighted by molar-refractivity contribution is 5.21. The quantitative estimate of drug-likeness (QED) is 0.844. The largest absolute Gasteiger partial charge is 0.313 e. The average Bonchev–Trinajstić information content (AvgIpc) is 2.73. The molecule has 16 heavy (non-hydrogen) atoms. The van der Waals surface area contributed by atoms with Gasteiger partial charge in [-0.25, -0.2) is 0 Å². The highest BCUT2D eigenvalue weighted by Crippen LogP contribution is 2.17. The molecule has 1 aromatic heterocycles. The van der Waals surface area contributed by atoms with Crippen LogP contribution in [0.4, 0.5) is 0 Å². The van der Waals surface area contributed by atoms with Gasteiger partial charge in [0.2, 0.25) is 0 Å². The Balaban J connectivity index is 2.12. The zero-order valence-corrected chi connectivity index (χ0v) is 9.72. The summed E-state index contributed by atoms with van der Waals surface area (Å²) in [6.45, 7) is 0. The third-order valence-electron chi connectivity index (χ3n) is 2.75. The molecule has 1 atom stereocenters. The lowest BCUT2D eigenvalue weighted by Gasteiger charge is -2.15. The molecule has 0 saturated carbocycles. The zero-order valence-electron chi connectivity index (χ0n) is 9.72. The molecule has 3 heteroatoms. The molecular formula is C13H17N3. The van der Waals surface area contributed by atoms with E-state index >= 15 is 0 Å². The molecule has 0 bridgehead atoms. The van der Waals surface area contributed by atoms with Crippen LogP contribution >= 0.6 is 0 Å². The number of aryl methyl sites for hydroxylation is 1. The summed E-state index contributed by atoms with van der Waals surface area (Å²) >= 11 is 0. The molecule has 0 aliphatic carbocycles. The number of hydrogen-bond donors (Lipinski definition) is 1. The van der Waals surface area contributed by atoms with E-state index in [4.69, 9.17) is 0 Å². The summed E-state index contributed by atoms with van der Waals surface area (Å²) in [4.78, 5) is 0. The summed E-state index contributed by atoms with van der Waals surface area (Å²) in [6, 6.07) is 10.8. The number of aromatic nitrogens is 2. The van der Waals surface area contributed by atoms with E-state index < -0.39 is 0 Å². The second-order valence-corrected chi connectivity index (χ2v) is 3.98. The van der Waals surface area contributed by atoms with Crippen molar-refractivity contribution in [3.63, 3.8) is 0 Å². The molecule has 0 saturated heterocycles. The van der Waals surface area contributed by atoms with Crippen LogP contribution in [0.3, 0.4) is 0 Å². The van der Waals surface area contributed by atoms with Crippen LogP contribution in [-0.4, -0.2) is 16.8 Å². The van der Waals surface area contributed by atoms with E-state index in [1.807, 2.05) is 31.0 Å². The average molecular weight is 215 g/mol. The van der Waals surface area contributed by atoms with Gasteiger partial charge in [-0.2, -0.15) is 5.10 Å². The van der Waals surface area contributed by atoms with Crippen LogP contribution in [-0.2, 0) is 13.5 Å². The predicted octanol–water partition coefficient (Wildman–Crippen LogP) is 1.92. The molecule has 0 spiro atoms. The normalized spacial score (nSPS) is 12.6. The van der Waals surface area contributed by atoms with E-state index in [0.717, 1.165) is 6.42 Å². The van der Waals surface area contributed by atoms with Crippen LogP contribution in [0, 0.1) is 0 Å². The number of rotatable bonds is 4. The maximum Gasteiger partial charge on any atom is 0.0522 e. The van der Waals surface area contributed by atoms with Gasteiger partial charge < -0.3 is 5.32 Å². The van der Waals surface area contributed by atoms with E-state index in [1.165, 1.54) is 11.1 Å². The first-order chi connectivity index (χ1) is 7.79. The molecule has 0 amide bonds. The van der Waals surface area contributed by atoms with Gasteiger partial charge in [0.25, 0.3) is 0 Å². The van der Waals surface area contributed by atoms with E-state index in [0.29, 0.717) is 6.04 Å². The first kappa shape index (κ1) is 10.9. The number of nitrogens with one attached hydrogen (secondary N) is 1. The molecule has 84 valence electrons. The minimum Gasteiger partial charge on any atom is -0.313 e. The molecule has 1 aromatic carbocycles. The Morgan fingerprint density at radius 3 is 2.62 bits per heavy atom. The summed E-state index contributed by atoms with van der Waals surface area (Å²) in [6.07, 6.45) is 4.95. The Kier molecular flexibility index (Phi) is 3.37. The van der Waals surface area contributed by atoms with Crippen molar-refractivity contribution in [2.45, 2.75) is 12.5 Å². The molecule has 3 nitrogen and oxygen atoms in total. The third-order valence-corrected chi connectivity index (χ3v) is 2.75. The van der Waals surface area contributed by atoms with Crippen LogP contribution in [0.5, 0.6) is 0 Å². The van der Waals surface area contributed by atoms with E-state index in [2.05, 4.69) is 40.9 Å². The first-order valence-corrected chi connectivity index (χ1v) is 5.49. The summed E-state index contributed by atoms with van der Waals surface area (Å²) in [5.74, 6) is 0. The third kappa shape index (κ3) is 2.49. The summed E-state index contributed by atoms with van der Waals surface area (Å²) < 4.78 is 1.84. The summed E-state index contributed by atoms with van der Waals surface area (Å²) in [5, 5.41) is 7.53. The molecule has 2 aromatic rings. The monoisotopic (exact) mass is 215 g/mol. The molecule has 0 fully saturated rings.